The number of benzene rings is 3. The Bertz CT molecular complexity index is 1470. The van der Waals surface area contributed by atoms with Crippen LogP contribution in [0.3, 0.4) is 0 Å². The maximum absolute atomic E-state index is 4.41. The van der Waals surface area contributed by atoms with E-state index in [1.165, 1.54) is 0 Å². The first-order valence-electron chi connectivity index (χ1n) is 17.8. The van der Waals surface area contributed by atoms with E-state index in [0.717, 1.165) is 16.7 Å². The van der Waals surface area contributed by atoms with Crippen molar-refractivity contribution in [2.75, 3.05) is 0 Å². The van der Waals surface area contributed by atoms with Gasteiger partial charge in [0, 0.05) is 16.7 Å². The van der Waals surface area contributed by atoms with Gasteiger partial charge in [0.25, 0.3) is 0 Å². The zero-order valence-corrected chi connectivity index (χ0v) is 36.2. The molecule has 3 aromatic rings. The third-order valence-electron chi connectivity index (χ3n) is 5.56. The molecule has 0 unspecified atom stereocenters. The van der Waals surface area contributed by atoms with Gasteiger partial charge in [0.1, 0.15) is 0 Å². The van der Waals surface area contributed by atoms with Gasteiger partial charge in [-0.15, -0.1) is 0 Å². The van der Waals surface area contributed by atoms with Crippen molar-refractivity contribution in [2.45, 2.75) is 119 Å². The van der Waals surface area contributed by atoms with Crippen molar-refractivity contribution in [1.82, 2.24) is 0 Å². The molecule has 52 heavy (non-hydrogen) atoms. The van der Waals surface area contributed by atoms with E-state index in [0.29, 0.717) is 17.5 Å². The molecule has 0 amide bonds. The van der Waals surface area contributed by atoms with Crippen LogP contribution in [0.2, 0.25) is 0 Å². The molecule has 0 aliphatic carbocycles. The SMILES string of the molecule is CC(C)N=C(C#Cc1ccccc1)[N-]C(C)C.CC(C)N=C(C#Cc1ccccc1)[N-]C(C)C.CC(C)N=C(C#Cc1ccccc1)[N-]C(C)C.[Y+3]. The minimum atomic E-state index is 0. The number of hydrogen-bond donors (Lipinski definition) is 0. The van der Waals surface area contributed by atoms with E-state index in [1.54, 1.807) is 0 Å². The standard InChI is InChI=1S/3C15H19N2.Y/c3*1-12(2)16-15(17-13(3)4)11-10-14-8-6-5-7-9-14;/h3*5-9,12-13H,1-4H3;/q3*-1;+3. The normalized spacial score (nSPS) is 11.1. The Morgan fingerprint density at radius 2 is 0.596 bits per heavy atom. The minimum Gasteiger partial charge on any atom is -0.456 e. The third kappa shape index (κ3) is 26.6. The molecule has 0 bridgehead atoms. The number of aliphatic imine (C=N–C) groups is 3. The molecule has 7 heteroatoms. The van der Waals surface area contributed by atoms with E-state index in [2.05, 4.69) is 66.5 Å². The molecule has 0 saturated heterocycles. The van der Waals surface area contributed by atoms with Crippen LogP contribution in [-0.2, 0) is 32.7 Å². The number of hydrogen-bond acceptors (Lipinski definition) is 3. The van der Waals surface area contributed by atoms with E-state index >= 15 is 0 Å². The van der Waals surface area contributed by atoms with Gasteiger partial charge in [0.05, 0.1) is 0 Å². The predicted octanol–water partition coefficient (Wildman–Crippen LogP) is 10.9. The summed E-state index contributed by atoms with van der Waals surface area (Å²) >= 11 is 0. The Hall–Kier alpha value is -4.15. The van der Waals surface area contributed by atoms with E-state index in [1.807, 2.05) is 174 Å². The van der Waals surface area contributed by atoms with Crippen LogP contribution in [-0.4, -0.2) is 53.8 Å². The monoisotopic (exact) mass is 770 g/mol. The first-order chi connectivity index (χ1) is 24.2. The van der Waals surface area contributed by atoms with Gasteiger partial charge in [-0.1, -0.05) is 173 Å². The summed E-state index contributed by atoms with van der Waals surface area (Å²) in [5, 5.41) is 13.2. The summed E-state index contributed by atoms with van der Waals surface area (Å²) in [7, 11) is 0. The first kappa shape index (κ1) is 47.9. The zero-order chi connectivity index (χ0) is 38.0. The summed E-state index contributed by atoms with van der Waals surface area (Å²) in [6.45, 7) is 24.3. The summed E-state index contributed by atoms with van der Waals surface area (Å²) in [6, 6.07) is 31.0. The predicted molar refractivity (Wildman–Crippen MR) is 223 cm³/mol. The van der Waals surface area contributed by atoms with Crippen LogP contribution in [0, 0.1) is 35.5 Å². The van der Waals surface area contributed by atoms with E-state index in [4.69, 9.17) is 0 Å². The summed E-state index contributed by atoms with van der Waals surface area (Å²) in [6.07, 6.45) is 0. The zero-order valence-electron chi connectivity index (χ0n) is 33.4. The smallest absolute Gasteiger partial charge is 0.456 e. The van der Waals surface area contributed by atoms with Gasteiger partial charge in [0.2, 0.25) is 0 Å². The molecule has 0 saturated carbocycles. The molecule has 0 aliphatic heterocycles. The summed E-state index contributed by atoms with van der Waals surface area (Å²) < 4.78 is 0. The Morgan fingerprint density at radius 3 is 0.769 bits per heavy atom. The second-order valence-electron chi connectivity index (χ2n) is 13.2. The molecular weight excluding hydrogens is 713 g/mol. The topological polar surface area (TPSA) is 79.4 Å². The van der Waals surface area contributed by atoms with Gasteiger partial charge in [-0.2, -0.15) is 0 Å². The molecule has 3 aromatic carbocycles. The van der Waals surface area contributed by atoms with Crippen molar-refractivity contribution in [3.05, 3.63) is 124 Å². The second kappa shape index (κ2) is 28.4. The van der Waals surface area contributed by atoms with Crippen LogP contribution in [0.1, 0.15) is 99.8 Å². The molecule has 3 rings (SSSR count). The van der Waals surface area contributed by atoms with Crippen LogP contribution in [0.15, 0.2) is 106 Å². The van der Waals surface area contributed by atoms with Crippen molar-refractivity contribution in [3.8, 4) is 35.5 Å². The van der Waals surface area contributed by atoms with Gasteiger partial charge < -0.3 is 30.9 Å². The van der Waals surface area contributed by atoms with Gasteiger partial charge in [-0.3, -0.25) is 0 Å². The Morgan fingerprint density at radius 1 is 0.385 bits per heavy atom. The number of rotatable bonds is 6. The Kier molecular flexibility index (Phi) is 26.2. The average molecular weight is 771 g/mol. The van der Waals surface area contributed by atoms with Crippen LogP contribution >= 0.6 is 0 Å². The molecule has 0 spiro atoms. The summed E-state index contributed by atoms with van der Waals surface area (Å²) in [5.41, 5.74) is 2.97. The fourth-order valence-corrected chi connectivity index (χ4v) is 3.71. The fraction of sp³-hybridized carbons (Fsp3) is 0.400. The Balaban J connectivity index is 0.000000743. The van der Waals surface area contributed by atoms with Crippen molar-refractivity contribution >= 4 is 17.5 Å². The molecule has 0 radical (unpaired) electrons. The van der Waals surface area contributed by atoms with Gasteiger partial charge >= 0.3 is 32.7 Å². The quantitative estimate of drug-likeness (QED) is 0.136. The molecule has 0 atom stereocenters. The minimum absolute atomic E-state index is 0. The van der Waals surface area contributed by atoms with E-state index < -0.39 is 0 Å². The molecule has 0 aliphatic rings. The number of nitrogens with zero attached hydrogens (tertiary/aromatic N) is 6. The molecule has 0 aromatic heterocycles. The van der Waals surface area contributed by atoms with Gasteiger partial charge in [-0.05, 0) is 90.2 Å². The first-order valence-corrected chi connectivity index (χ1v) is 17.8. The van der Waals surface area contributed by atoms with Gasteiger partial charge in [-0.25, -0.2) is 0 Å². The maximum Gasteiger partial charge on any atom is 3.00 e. The van der Waals surface area contributed by atoms with Crippen molar-refractivity contribution < 1.29 is 32.7 Å². The molecular formula is C45H57N6Y. The summed E-state index contributed by atoms with van der Waals surface area (Å²) in [5.74, 6) is 20.3. The largest absolute Gasteiger partial charge is 3.00 e. The fourth-order valence-electron chi connectivity index (χ4n) is 3.71. The van der Waals surface area contributed by atoms with Crippen molar-refractivity contribution in [1.29, 1.82) is 0 Å². The third-order valence-corrected chi connectivity index (χ3v) is 5.56. The van der Waals surface area contributed by atoms with Crippen LogP contribution in [0.4, 0.5) is 0 Å². The molecule has 0 fully saturated rings. The van der Waals surface area contributed by atoms with Crippen LogP contribution in [0.25, 0.3) is 16.0 Å². The Labute approximate surface area is 341 Å². The van der Waals surface area contributed by atoms with Crippen molar-refractivity contribution in [3.63, 3.8) is 0 Å². The molecule has 6 nitrogen and oxygen atoms in total. The second-order valence-corrected chi connectivity index (χ2v) is 13.2. The van der Waals surface area contributed by atoms with E-state index in [-0.39, 0.29) is 69.0 Å². The maximum atomic E-state index is 4.41. The van der Waals surface area contributed by atoms with Crippen LogP contribution in [0.5, 0.6) is 0 Å². The number of amidine groups is 3. The molecule has 270 valence electrons. The average Bonchev–Trinajstić information content (AvgIpc) is 3.06. The summed E-state index contributed by atoms with van der Waals surface area (Å²) in [4.78, 5) is 13.2. The van der Waals surface area contributed by atoms with Gasteiger partial charge in [0.15, 0.2) is 0 Å². The molecule has 0 heterocycles. The van der Waals surface area contributed by atoms with Crippen molar-refractivity contribution in [2.24, 2.45) is 15.0 Å². The molecule has 0 N–H and O–H groups in total. The van der Waals surface area contributed by atoms with E-state index in [9.17, 15) is 0 Å². The van der Waals surface area contributed by atoms with Crippen LogP contribution < -0.4 is 0 Å².